The number of rotatable bonds is 9. The smallest absolute Gasteiger partial charge is 0.270 e. The van der Waals surface area contributed by atoms with E-state index in [0.29, 0.717) is 53.9 Å². The SMILES string of the molecule is CCOc1c2c(c(OCC)c3ccccc13)C(=O)N(c1ccc(CS(=O)(=O)NC(=O)C3CCCCC3)cc1)C2=O. The lowest BCUT2D eigenvalue weighted by molar-refractivity contribution is -0.124. The number of carbonyl (C=O) groups is 3. The lowest BCUT2D eigenvalue weighted by Gasteiger charge is -2.20. The Bertz CT molecular complexity index is 1510. The van der Waals surface area contributed by atoms with E-state index in [-0.39, 0.29) is 22.7 Å². The number of fused-ring (bicyclic) bond motifs is 2. The monoisotopic (exact) mass is 564 g/mol. The van der Waals surface area contributed by atoms with Crippen LogP contribution in [0.25, 0.3) is 10.8 Å². The van der Waals surface area contributed by atoms with Crippen LogP contribution in [0.15, 0.2) is 48.5 Å². The van der Waals surface area contributed by atoms with E-state index in [9.17, 15) is 22.8 Å². The summed E-state index contributed by atoms with van der Waals surface area (Å²) in [5.41, 5.74) is 0.991. The minimum atomic E-state index is -3.91. The molecular weight excluding hydrogens is 532 g/mol. The molecule has 0 atom stereocenters. The van der Waals surface area contributed by atoms with Gasteiger partial charge >= 0.3 is 0 Å². The Kier molecular flexibility index (Phi) is 7.80. The Morgan fingerprint density at radius 1 is 0.850 bits per heavy atom. The van der Waals surface area contributed by atoms with Gasteiger partial charge in [0.05, 0.1) is 35.8 Å². The van der Waals surface area contributed by atoms with Crippen LogP contribution in [0.4, 0.5) is 5.69 Å². The van der Waals surface area contributed by atoms with Crippen molar-refractivity contribution in [1.29, 1.82) is 0 Å². The summed E-state index contributed by atoms with van der Waals surface area (Å²) in [5, 5.41) is 1.34. The fraction of sp³-hybridized carbons (Fsp3) is 0.367. The van der Waals surface area contributed by atoms with Gasteiger partial charge in [-0.1, -0.05) is 55.7 Å². The van der Waals surface area contributed by atoms with E-state index in [2.05, 4.69) is 4.72 Å². The fourth-order valence-corrected chi connectivity index (χ4v) is 6.70. The number of amides is 3. The minimum Gasteiger partial charge on any atom is -0.492 e. The van der Waals surface area contributed by atoms with Crippen LogP contribution >= 0.6 is 0 Å². The average Bonchev–Trinajstić information content (AvgIpc) is 3.20. The largest absolute Gasteiger partial charge is 0.492 e. The molecule has 5 rings (SSSR count). The molecule has 0 radical (unpaired) electrons. The number of benzene rings is 3. The molecule has 1 aliphatic carbocycles. The number of anilines is 1. The summed E-state index contributed by atoms with van der Waals surface area (Å²) < 4.78 is 39.4. The highest BCUT2D eigenvalue weighted by atomic mass is 32.2. The second-order valence-corrected chi connectivity index (χ2v) is 11.7. The van der Waals surface area contributed by atoms with Gasteiger partial charge in [-0.05, 0) is 44.4 Å². The molecule has 1 saturated carbocycles. The maximum Gasteiger partial charge on any atom is 0.270 e. The van der Waals surface area contributed by atoms with Crippen molar-refractivity contribution in [2.24, 2.45) is 5.92 Å². The number of hydrogen-bond acceptors (Lipinski definition) is 7. The van der Waals surface area contributed by atoms with Crippen molar-refractivity contribution in [1.82, 2.24) is 4.72 Å². The van der Waals surface area contributed by atoms with Gasteiger partial charge in [-0.2, -0.15) is 0 Å². The van der Waals surface area contributed by atoms with Crippen LogP contribution in [-0.4, -0.2) is 39.4 Å². The molecule has 2 aliphatic rings. The third-order valence-corrected chi connectivity index (χ3v) is 8.54. The molecule has 3 amide bonds. The molecule has 3 aromatic carbocycles. The van der Waals surface area contributed by atoms with Gasteiger partial charge in [-0.3, -0.25) is 19.1 Å². The Labute approximate surface area is 233 Å². The van der Waals surface area contributed by atoms with Gasteiger partial charge in [-0.25, -0.2) is 13.3 Å². The van der Waals surface area contributed by atoms with Crippen molar-refractivity contribution < 1.29 is 32.3 Å². The zero-order valence-electron chi connectivity index (χ0n) is 22.6. The molecule has 0 bridgehead atoms. The molecule has 10 heteroatoms. The van der Waals surface area contributed by atoms with E-state index >= 15 is 0 Å². The molecule has 0 unspecified atom stereocenters. The first-order chi connectivity index (χ1) is 19.3. The summed E-state index contributed by atoms with van der Waals surface area (Å²) in [6, 6.07) is 13.4. The average molecular weight is 565 g/mol. The molecule has 0 aromatic heterocycles. The summed E-state index contributed by atoms with van der Waals surface area (Å²) in [4.78, 5) is 40.9. The highest BCUT2D eigenvalue weighted by Gasteiger charge is 2.43. The first kappa shape index (κ1) is 27.6. The van der Waals surface area contributed by atoms with Crippen molar-refractivity contribution >= 4 is 44.2 Å². The molecule has 0 spiro atoms. The molecule has 1 fully saturated rings. The predicted molar refractivity (Wildman–Crippen MR) is 151 cm³/mol. The maximum atomic E-state index is 13.7. The van der Waals surface area contributed by atoms with Gasteiger partial charge in [0.25, 0.3) is 11.8 Å². The van der Waals surface area contributed by atoms with Gasteiger partial charge in [0.2, 0.25) is 15.9 Å². The van der Waals surface area contributed by atoms with Gasteiger partial charge in [0.15, 0.2) is 0 Å². The molecule has 1 aliphatic heterocycles. The summed E-state index contributed by atoms with van der Waals surface area (Å²) >= 11 is 0. The molecule has 1 heterocycles. The minimum absolute atomic E-state index is 0.145. The molecular formula is C30H32N2O7S. The molecule has 40 heavy (non-hydrogen) atoms. The van der Waals surface area contributed by atoms with Gasteiger partial charge < -0.3 is 9.47 Å². The zero-order chi connectivity index (χ0) is 28.4. The maximum absolute atomic E-state index is 13.7. The van der Waals surface area contributed by atoms with Crippen LogP contribution < -0.4 is 19.1 Å². The fourth-order valence-electron chi connectivity index (χ4n) is 5.52. The van der Waals surface area contributed by atoms with E-state index in [4.69, 9.17) is 9.47 Å². The van der Waals surface area contributed by atoms with Gasteiger partial charge in [0, 0.05) is 16.7 Å². The molecule has 9 nitrogen and oxygen atoms in total. The summed E-state index contributed by atoms with van der Waals surface area (Å²) in [5.74, 6) is -1.57. The van der Waals surface area contributed by atoms with Crippen molar-refractivity contribution in [3.05, 3.63) is 65.2 Å². The molecule has 0 saturated heterocycles. The van der Waals surface area contributed by atoms with E-state index in [1.807, 2.05) is 24.3 Å². The first-order valence-corrected chi connectivity index (χ1v) is 15.3. The number of hydrogen-bond donors (Lipinski definition) is 1. The number of carbonyl (C=O) groups excluding carboxylic acids is 3. The third kappa shape index (κ3) is 5.15. The van der Waals surface area contributed by atoms with Crippen molar-refractivity contribution in [3.63, 3.8) is 0 Å². The van der Waals surface area contributed by atoms with E-state index in [1.165, 1.54) is 24.3 Å². The summed E-state index contributed by atoms with van der Waals surface area (Å²) in [6.07, 6.45) is 4.30. The summed E-state index contributed by atoms with van der Waals surface area (Å²) in [6.45, 7) is 4.21. The number of nitrogens with zero attached hydrogens (tertiary/aromatic N) is 1. The molecule has 1 N–H and O–H groups in total. The zero-order valence-corrected chi connectivity index (χ0v) is 23.4. The number of ether oxygens (including phenoxy) is 2. The number of imide groups is 1. The molecule has 3 aromatic rings. The third-order valence-electron chi connectivity index (χ3n) is 7.31. The Morgan fingerprint density at radius 2 is 1.38 bits per heavy atom. The topological polar surface area (TPSA) is 119 Å². The van der Waals surface area contributed by atoms with Crippen LogP contribution in [-0.2, 0) is 20.6 Å². The van der Waals surface area contributed by atoms with E-state index in [0.717, 1.165) is 24.2 Å². The highest BCUT2D eigenvalue weighted by Crippen LogP contribution is 2.46. The number of sulfonamides is 1. The van der Waals surface area contributed by atoms with Crippen LogP contribution in [0.1, 0.15) is 72.2 Å². The van der Waals surface area contributed by atoms with E-state index in [1.54, 1.807) is 13.8 Å². The quantitative estimate of drug-likeness (QED) is 0.365. The number of nitrogens with one attached hydrogen (secondary N) is 1. The van der Waals surface area contributed by atoms with Crippen molar-refractivity contribution in [2.45, 2.75) is 51.7 Å². The van der Waals surface area contributed by atoms with Gasteiger partial charge in [-0.15, -0.1) is 0 Å². The standard InChI is InChI=1S/C30H32N2O7S/c1-3-38-26-22-12-8-9-13-23(22)27(39-4-2)25-24(26)29(34)32(30(25)35)21-16-14-19(15-17-21)18-40(36,37)31-28(33)20-10-6-5-7-11-20/h8-9,12-17,20H,3-7,10-11,18H2,1-2H3,(H,31,33). The van der Waals surface area contributed by atoms with Crippen LogP contribution in [0.3, 0.4) is 0 Å². The highest BCUT2D eigenvalue weighted by molar-refractivity contribution is 7.89. The Hall–Kier alpha value is -3.92. The first-order valence-electron chi connectivity index (χ1n) is 13.6. The Balaban J connectivity index is 1.43. The summed E-state index contributed by atoms with van der Waals surface area (Å²) in [7, 11) is -3.91. The van der Waals surface area contributed by atoms with Crippen molar-refractivity contribution in [2.75, 3.05) is 18.1 Å². The van der Waals surface area contributed by atoms with Crippen LogP contribution in [0, 0.1) is 5.92 Å². The van der Waals surface area contributed by atoms with Crippen LogP contribution in [0.5, 0.6) is 11.5 Å². The van der Waals surface area contributed by atoms with Crippen LogP contribution in [0.2, 0.25) is 0 Å². The molecule has 210 valence electrons. The second-order valence-electron chi connectivity index (χ2n) is 9.99. The van der Waals surface area contributed by atoms with Crippen molar-refractivity contribution in [3.8, 4) is 11.5 Å². The predicted octanol–water partition coefficient (Wildman–Crippen LogP) is 4.96. The second kappa shape index (κ2) is 11.3. The lowest BCUT2D eigenvalue weighted by atomic mass is 9.89. The normalized spacial score (nSPS) is 15.8. The Morgan fingerprint density at radius 3 is 1.88 bits per heavy atom. The van der Waals surface area contributed by atoms with Gasteiger partial charge in [0.1, 0.15) is 11.5 Å². The lowest BCUT2D eigenvalue weighted by Crippen LogP contribution is -2.37. The van der Waals surface area contributed by atoms with E-state index < -0.39 is 33.5 Å².